The van der Waals surface area contributed by atoms with Crippen molar-refractivity contribution < 1.29 is 19.8 Å². The maximum atomic E-state index is 12.3. The average Bonchev–Trinajstić information content (AvgIpc) is 2.30. The largest absolute Gasteiger partial charge is 0.481 e. The smallest absolute Gasteiger partial charge is 0.317 e. The number of rotatable bonds is 8. The van der Waals surface area contributed by atoms with Crippen LogP contribution >= 0.6 is 0 Å². The number of nitrogens with one attached hydrogen (secondary N) is 1. The minimum atomic E-state index is -0.908. The van der Waals surface area contributed by atoms with Crippen LogP contribution in [0.5, 0.6) is 0 Å². The summed E-state index contributed by atoms with van der Waals surface area (Å²) in [4.78, 5) is 24.9. The van der Waals surface area contributed by atoms with Crippen molar-refractivity contribution in [1.29, 1.82) is 0 Å². The van der Waals surface area contributed by atoms with Gasteiger partial charge in [-0.2, -0.15) is 0 Å². The molecule has 1 aliphatic rings. The van der Waals surface area contributed by atoms with E-state index in [1.165, 1.54) is 0 Å². The van der Waals surface area contributed by atoms with Crippen molar-refractivity contribution >= 4 is 12.0 Å². The fourth-order valence-electron chi connectivity index (χ4n) is 2.27. The lowest BCUT2D eigenvalue weighted by Gasteiger charge is -2.38. The van der Waals surface area contributed by atoms with E-state index in [2.05, 4.69) is 5.32 Å². The van der Waals surface area contributed by atoms with Crippen LogP contribution in [0.15, 0.2) is 0 Å². The normalized spacial score (nSPS) is 16.6. The average molecular weight is 286 g/mol. The summed E-state index contributed by atoms with van der Waals surface area (Å²) in [6, 6.07) is -0.334. The van der Waals surface area contributed by atoms with Crippen LogP contribution < -0.4 is 5.32 Å². The number of aliphatic carboxylic acids is 1. The molecule has 1 aliphatic carbocycles. The predicted molar refractivity (Wildman–Crippen MR) is 75.5 cm³/mol. The summed E-state index contributed by atoms with van der Waals surface area (Å²) >= 11 is 0. The Kier molecular flexibility index (Phi) is 6.78. The summed E-state index contributed by atoms with van der Waals surface area (Å²) in [6.45, 7) is 4.37. The van der Waals surface area contributed by atoms with Crippen molar-refractivity contribution in [2.24, 2.45) is 5.92 Å². The zero-order valence-corrected chi connectivity index (χ0v) is 12.3. The number of hydrogen-bond donors (Lipinski definition) is 3. The number of urea groups is 1. The first-order chi connectivity index (χ1) is 9.45. The van der Waals surface area contributed by atoms with Crippen LogP contribution in [0.25, 0.3) is 0 Å². The van der Waals surface area contributed by atoms with Crippen LogP contribution in [0.2, 0.25) is 0 Å². The third-order valence-electron chi connectivity index (χ3n) is 3.84. The number of nitrogens with zero attached hydrogens (tertiary/aromatic N) is 1. The van der Waals surface area contributed by atoms with Crippen LogP contribution in [0.1, 0.15) is 46.0 Å². The van der Waals surface area contributed by atoms with E-state index in [4.69, 9.17) is 10.2 Å². The maximum absolute atomic E-state index is 12.3. The minimum Gasteiger partial charge on any atom is -0.481 e. The van der Waals surface area contributed by atoms with Gasteiger partial charge in [-0.05, 0) is 31.6 Å². The fourth-order valence-corrected chi connectivity index (χ4v) is 2.27. The van der Waals surface area contributed by atoms with E-state index >= 15 is 0 Å². The zero-order chi connectivity index (χ0) is 15.1. The molecule has 1 saturated carbocycles. The molecule has 1 fully saturated rings. The molecule has 0 aliphatic heterocycles. The Morgan fingerprint density at radius 2 is 2.00 bits per heavy atom. The summed E-state index contributed by atoms with van der Waals surface area (Å²) in [5.74, 6) is -0.842. The highest BCUT2D eigenvalue weighted by molar-refractivity contribution is 5.76. The second-order valence-corrected chi connectivity index (χ2v) is 5.75. The van der Waals surface area contributed by atoms with Gasteiger partial charge in [0.2, 0.25) is 0 Å². The first-order valence-corrected chi connectivity index (χ1v) is 7.35. The standard InChI is InChI=1S/C14H26N2O4/c1-10(2)12(9-13(18)19)15-14(20)16(7-4-8-17)11-5-3-6-11/h10-12,17H,3-9H2,1-2H3,(H,15,20)(H,18,19). The molecule has 6 heteroatoms. The molecule has 20 heavy (non-hydrogen) atoms. The third kappa shape index (κ3) is 5.00. The van der Waals surface area contributed by atoms with Gasteiger partial charge in [0.15, 0.2) is 0 Å². The summed E-state index contributed by atoms with van der Waals surface area (Å²) in [6.07, 6.45) is 3.58. The molecule has 1 unspecified atom stereocenters. The molecule has 0 aromatic rings. The number of carboxylic acid groups (broad SMARTS) is 1. The van der Waals surface area contributed by atoms with Gasteiger partial charge in [-0.15, -0.1) is 0 Å². The molecule has 0 radical (unpaired) electrons. The molecule has 3 N–H and O–H groups in total. The molecule has 0 aromatic heterocycles. The SMILES string of the molecule is CC(C)C(CC(=O)O)NC(=O)N(CCCO)C1CCC1. The van der Waals surface area contributed by atoms with Crippen LogP contribution in [-0.2, 0) is 4.79 Å². The summed E-state index contributed by atoms with van der Waals surface area (Å²) in [5, 5.41) is 20.6. The Hall–Kier alpha value is -1.30. The van der Waals surface area contributed by atoms with Gasteiger partial charge in [-0.1, -0.05) is 13.8 Å². The topological polar surface area (TPSA) is 89.9 Å². The monoisotopic (exact) mass is 286 g/mol. The number of carboxylic acids is 1. The van der Waals surface area contributed by atoms with E-state index in [0.717, 1.165) is 19.3 Å². The van der Waals surface area contributed by atoms with Crippen LogP contribution in [0.3, 0.4) is 0 Å². The van der Waals surface area contributed by atoms with E-state index in [0.29, 0.717) is 13.0 Å². The summed E-state index contributed by atoms with van der Waals surface area (Å²) in [5.41, 5.74) is 0. The fraction of sp³-hybridized carbons (Fsp3) is 0.857. The Morgan fingerprint density at radius 1 is 1.35 bits per heavy atom. The first kappa shape index (κ1) is 16.8. The van der Waals surface area contributed by atoms with Crippen molar-refractivity contribution in [3.63, 3.8) is 0 Å². The molecule has 0 bridgehead atoms. The van der Waals surface area contributed by atoms with Crippen LogP contribution in [-0.4, -0.2) is 52.3 Å². The van der Waals surface area contributed by atoms with E-state index in [1.807, 2.05) is 13.8 Å². The Morgan fingerprint density at radius 3 is 2.40 bits per heavy atom. The number of aliphatic hydroxyl groups is 1. The van der Waals surface area contributed by atoms with Gasteiger partial charge in [-0.3, -0.25) is 4.79 Å². The second kappa shape index (κ2) is 8.09. The van der Waals surface area contributed by atoms with E-state index in [-0.39, 0.29) is 37.1 Å². The lowest BCUT2D eigenvalue weighted by atomic mass is 9.91. The van der Waals surface area contributed by atoms with Crippen molar-refractivity contribution in [3.05, 3.63) is 0 Å². The molecule has 0 aromatic carbocycles. The highest BCUT2D eigenvalue weighted by Crippen LogP contribution is 2.25. The Labute approximate surface area is 120 Å². The van der Waals surface area contributed by atoms with E-state index in [1.54, 1.807) is 4.90 Å². The quantitative estimate of drug-likeness (QED) is 0.629. The van der Waals surface area contributed by atoms with Crippen molar-refractivity contribution in [2.45, 2.75) is 58.0 Å². The number of amides is 2. The molecule has 0 saturated heterocycles. The molecule has 116 valence electrons. The molecular weight excluding hydrogens is 260 g/mol. The van der Waals surface area contributed by atoms with Gasteiger partial charge < -0.3 is 20.4 Å². The molecule has 2 amide bonds. The number of carbonyl (C=O) groups excluding carboxylic acids is 1. The van der Waals surface area contributed by atoms with E-state index < -0.39 is 5.97 Å². The summed E-state index contributed by atoms with van der Waals surface area (Å²) < 4.78 is 0. The zero-order valence-electron chi connectivity index (χ0n) is 12.3. The second-order valence-electron chi connectivity index (χ2n) is 5.75. The van der Waals surface area contributed by atoms with Crippen LogP contribution in [0.4, 0.5) is 4.79 Å². The number of hydrogen-bond acceptors (Lipinski definition) is 3. The van der Waals surface area contributed by atoms with Gasteiger partial charge in [0, 0.05) is 25.2 Å². The number of carbonyl (C=O) groups is 2. The van der Waals surface area contributed by atoms with Crippen LogP contribution in [0, 0.1) is 5.92 Å². The molecule has 0 spiro atoms. The van der Waals surface area contributed by atoms with Gasteiger partial charge in [0.05, 0.1) is 6.42 Å². The van der Waals surface area contributed by atoms with Gasteiger partial charge >= 0.3 is 12.0 Å². The lowest BCUT2D eigenvalue weighted by molar-refractivity contribution is -0.137. The third-order valence-corrected chi connectivity index (χ3v) is 3.84. The summed E-state index contributed by atoms with van der Waals surface area (Å²) in [7, 11) is 0. The molecule has 6 nitrogen and oxygen atoms in total. The molecular formula is C14H26N2O4. The Bertz CT molecular complexity index is 329. The van der Waals surface area contributed by atoms with Crippen molar-refractivity contribution in [3.8, 4) is 0 Å². The van der Waals surface area contributed by atoms with Gasteiger partial charge in [-0.25, -0.2) is 4.79 Å². The molecule has 1 atom stereocenters. The maximum Gasteiger partial charge on any atom is 0.317 e. The highest BCUT2D eigenvalue weighted by Gasteiger charge is 2.30. The molecule has 1 rings (SSSR count). The molecule has 0 heterocycles. The first-order valence-electron chi connectivity index (χ1n) is 7.35. The number of aliphatic hydroxyl groups excluding tert-OH is 1. The van der Waals surface area contributed by atoms with Gasteiger partial charge in [0.1, 0.15) is 0 Å². The van der Waals surface area contributed by atoms with Crippen molar-refractivity contribution in [2.75, 3.05) is 13.2 Å². The van der Waals surface area contributed by atoms with Crippen molar-refractivity contribution in [1.82, 2.24) is 10.2 Å². The lowest BCUT2D eigenvalue weighted by Crippen LogP contribution is -2.53. The van der Waals surface area contributed by atoms with E-state index in [9.17, 15) is 9.59 Å². The van der Waals surface area contributed by atoms with Gasteiger partial charge in [0.25, 0.3) is 0 Å². The Balaban J connectivity index is 2.59. The highest BCUT2D eigenvalue weighted by atomic mass is 16.4. The minimum absolute atomic E-state index is 0.0548. The predicted octanol–water partition coefficient (Wildman–Crippen LogP) is 1.43.